The van der Waals surface area contributed by atoms with E-state index < -0.39 is 10.0 Å². The summed E-state index contributed by atoms with van der Waals surface area (Å²) in [5, 5.41) is 0.288. The zero-order valence-electron chi connectivity index (χ0n) is 14.9. The highest BCUT2D eigenvalue weighted by Crippen LogP contribution is 2.34. The zero-order valence-corrected chi connectivity index (χ0v) is 16.4. The first-order chi connectivity index (χ1) is 12.9. The molecule has 0 saturated carbocycles. The SMILES string of the molecule is COc1ccc(NS(=O)(=O)c2ccc(OC)c(N3CCCC3=O)c2)cc1Cl. The van der Waals surface area contributed by atoms with Gasteiger partial charge in [0.15, 0.2) is 0 Å². The van der Waals surface area contributed by atoms with Crippen LogP contribution >= 0.6 is 11.6 Å². The molecular formula is C18H19ClN2O5S. The van der Waals surface area contributed by atoms with Crippen LogP contribution in [0, 0.1) is 0 Å². The third kappa shape index (κ3) is 3.96. The second kappa shape index (κ2) is 7.66. The smallest absolute Gasteiger partial charge is 0.261 e. The quantitative estimate of drug-likeness (QED) is 0.789. The van der Waals surface area contributed by atoms with Crippen LogP contribution in [0.15, 0.2) is 41.3 Å². The first-order valence-electron chi connectivity index (χ1n) is 8.20. The molecule has 1 amide bonds. The van der Waals surface area contributed by atoms with Gasteiger partial charge in [-0.2, -0.15) is 0 Å². The Kier molecular flexibility index (Phi) is 5.48. The molecule has 144 valence electrons. The Morgan fingerprint density at radius 2 is 1.78 bits per heavy atom. The van der Waals surface area contributed by atoms with Crippen LogP contribution in [-0.4, -0.2) is 35.1 Å². The highest BCUT2D eigenvalue weighted by molar-refractivity contribution is 7.92. The van der Waals surface area contributed by atoms with Gasteiger partial charge >= 0.3 is 0 Å². The van der Waals surface area contributed by atoms with E-state index in [1.165, 1.54) is 38.5 Å². The molecule has 0 radical (unpaired) electrons. The molecule has 7 nitrogen and oxygen atoms in total. The summed E-state index contributed by atoms with van der Waals surface area (Å²) in [6.07, 6.45) is 1.16. The number of carbonyl (C=O) groups is 1. The van der Waals surface area contributed by atoms with E-state index in [2.05, 4.69) is 4.72 Å². The van der Waals surface area contributed by atoms with E-state index in [1.807, 2.05) is 0 Å². The first-order valence-corrected chi connectivity index (χ1v) is 10.1. The molecule has 2 aromatic carbocycles. The van der Waals surface area contributed by atoms with E-state index in [4.69, 9.17) is 21.1 Å². The third-order valence-corrected chi connectivity index (χ3v) is 5.90. The van der Waals surface area contributed by atoms with Gasteiger partial charge in [0.2, 0.25) is 5.91 Å². The highest BCUT2D eigenvalue weighted by Gasteiger charge is 2.26. The summed E-state index contributed by atoms with van der Waals surface area (Å²) in [7, 11) is -0.934. The van der Waals surface area contributed by atoms with Crippen LogP contribution in [0.1, 0.15) is 12.8 Å². The maximum atomic E-state index is 12.8. The van der Waals surface area contributed by atoms with Crippen molar-refractivity contribution in [3.8, 4) is 11.5 Å². The van der Waals surface area contributed by atoms with E-state index in [0.29, 0.717) is 35.8 Å². The highest BCUT2D eigenvalue weighted by atomic mass is 35.5. The van der Waals surface area contributed by atoms with Gasteiger partial charge in [0.1, 0.15) is 11.5 Å². The van der Waals surface area contributed by atoms with Crippen LogP contribution in [0.25, 0.3) is 0 Å². The summed E-state index contributed by atoms with van der Waals surface area (Å²) in [5.41, 5.74) is 0.742. The Labute approximate surface area is 162 Å². The van der Waals surface area contributed by atoms with Crippen molar-refractivity contribution < 1.29 is 22.7 Å². The molecule has 0 bridgehead atoms. The second-order valence-electron chi connectivity index (χ2n) is 5.94. The molecule has 27 heavy (non-hydrogen) atoms. The van der Waals surface area contributed by atoms with Gasteiger partial charge < -0.3 is 14.4 Å². The van der Waals surface area contributed by atoms with Gasteiger partial charge in [-0.05, 0) is 42.8 Å². The Bertz CT molecular complexity index is 978. The minimum atomic E-state index is -3.89. The number of sulfonamides is 1. The van der Waals surface area contributed by atoms with Crippen molar-refractivity contribution in [1.82, 2.24) is 0 Å². The van der Waals surface area contributed by atoms with Crippen molar-refractivity contribution in [1.29, 1.82) is 0 Å². The van der Waals surface area contributed by atoms with Crippen molar-refractivity contribution in [2.24, 2.45) is 0 Å². The van der Waals surface area contributed by atoms with Crippen LogP contribution in [0.2, 0.25) is 5.02 Å². The first kappa shape index (κ1) is 19.3. The number of rotatable bonds is 6. The summed E-state index contributed by atoms with van der Waals surface area (Å²) < 4.78 is 38.4. The lowest BCUT2D eigenvalue weighted by molar-refractivity contribution is -0.117. The van der Waals surface area contributed by atoms with Crippen molar-refractivity contribution in [2.45, 2.75) is 17.7 Å². The molecule has 0 aliphatic carbocycles. The molecule has 1 heterocycles. The molecule has 0 aromatic heterocycles. The lowest BCUT2D eigenvalue weighted by Gasteiger charge is -2.20. The number of ether oxygens (including phenoxy) is 2. The predicted molar refractivity (Wildman–Crippen MR) is 103 cm³/mol. The lowest BCUT2D eigenvalue weighted by Crippen LogP contribution is -2.24. The minimum Gasteiger partial charge on any atom is -0.495 e. The Morgan fingerprint density at radius 3 is 2.37 bits per heavy atom. The molecule has 0 spiro atoms. The van der Waals surface area contributed by atoms with Crippen LogP contribution in [0.3, 0.4) is 0 Å². The summed E-state index contributed by atoms with van der Waals surface area (Å²) in [6, 6.07) is 8.99. The third-order valence-electron chi connectivity index (χ3n) is 4.23. The van der Waals surface area contributed by atoms with E-state index in [0.717, 1.165) is 6.42 Å². The normalized spacial score (nSPS) is 14.3. The number of halogens is 1. The molecule has 0 atom stereocenters. The molecule has 3 rings (SSSR count). The number of benzene rings is 2. The van der Waals surface area contributed by atoms with Gasteiger partial charge in [0.05, 0.1) is 35.5 Å². The van der Waals surface area contributed by atoms with Gasteiger partial charge in [-0.25, -0.2) is 8.42 Å². The Hall–Kier alpha value is -2.45. The van der Waals surface area contributed by atoms with Gasteiger partial charge in [0.25, 0.3) is 10.0 Å². The van der Waals surface area contributed by atoms with Gasteiger partial charge in [0, 0.05) is 13.0 Å². The fourth-order valence-electron chi connectivity index (χ4n) is 2.89. The van der Waals surface area contributed by atoms with Crippen molar-refractivity contribution in [3.63, 3.8) is 0 Å². The van der Waals surface area contributed by atoms with Gasteiger partial charge in [-0.1, -0.05) is 11.6 Å². The fraction of sp³-hybridized carbons (Fsp3) is 0.278. The maximum absolute atomic E-state index is 12.8. The summed E-state index contributed by atoms with van der Waals surface area (Å²) >= 11 is 6.05. The molecule has 1 N–H and O–H groups in total. The van der Waals surface area contributed by atoms with E-state index in [9.17, 15) is 13.2 Å². The average Bonchev–Trinajstić information content (AvgIpc) is 3.06. The topological polar surface area (TPSA) is 84.9 Å². The minimum absolute atomic E-state index is 0.0185. The molecule has 1 fully saturated rings. The van der Waals surface area contributed by atoms with Crippen molar-refractivity contribution >= 4 is 38.9 Å². The predicted octanol–water partition coefficient (Wildman–Crippen LogP) is 3.28. The molecule has 0 unspecified atom stereocenters. The molecule has 2 aromatic rings. The van der Waals surface area contributed by atoms with Crippen molar-refractivity contribution in [3.05, 3.63) is 41.4 Å². The molecule has 1 aliphatic heterocycles. The number of amides is 1. The van der Waals surface area contributed by atoms with Crippen LogP contribution in [0.4, 0.5) is 11.4 Å². The van der Waals surface area contributed by atoms with Crippen LogP contribution in [0.5, 0.6) is 11.5 Å². The van der Waals surface area contributed by atoms with Crippen LogP contribution < -0.4 is 19.1 Å². The van der Waals surface area contributed by atoms with E-state index >= 15 is 0 Å². The van der Waals surface area contributed by atoms with E-state index in [-0.39, 0.29) is 15.8 Å². The number of carbonyl (C=O) groups excluding carboxylic acids is 1. The molecule has 9 heteroatoms. The monoisotopic (exact) mass is 410 g/mol. The average molecular weight is 411 g/mol. The molecule has 1 aliphatic rings. The molecular weight excluding hydrogens is 392 g/mol. The summed E-state index contributed by atoms with van der Waals surface area (Å²) in [4.78, 5) is 13.6. The standard InChI is InChI=1S/C18H19ClN2O5S/c1-25-16-7-5-12(10-14(16)19)20-27(23,24)13-6-8-17(26-2)15(11-13)21-9-3-4-18(21)22/h5-8,10-11,20H,3-4,9H2,1-2H3. The van der Waals surface area contributed by atoms with Crippen molar-refractivity contribution in [2.75, 3.05) is 30.4 Å². The number of anilines is 2. The second-order valence-corrected chi connectivity index (χ2v) is 8.03. The summed E-state index contributed by atoms with van der Waals surface area (Å²) in [5.74, 6) is 0.827. The van der Waals surface area contributed by atoms with Gasteiger partial charge in [-0.15, -0.1) is 0 Å². The number of hydrogen-bond donors (Lipinski definition) is 1. The largest absolute Gasteiger partial charge is 0.495 e. The zero-order chi connectivity index (χ0) is 19.6. The summed E-state index contributed by atoms with van der Waals surface area (Å²) in [6.45, 7) is 0.528. The van der Waals surface area contributed by atoms with E-state index in [1.54, 1.807) is 17.0 Å². The van der Waals surface area contributed by atoms with Crippen LogP contribution in [-0.2, 0) is 14.8 Å². The fourth-order valence-corrected chi connectivity index (χ4v) is 4.22. The maximum Gasteiger partial charge on any atom is 0.261 e. The Balaban J connectivity index is 1.94. The number of nitrogens with zero attached hydrogens (tertiary/aromatic N) is 1. The molecule has 1 saturated heterocycles. The van der Waals surface area contributed by atoms with Gasteiger partial charge in [-0.3, -0.25) is 9.52 Å². The number of methoxy groups -OCH3 is 2. The lowest BCUT2D eigenvalue weighted by atomic mass is 10.2. The number of nitrogens with one attached hydrogen (secondary N) is 1. The Morgan fingerprint density at radius 1 is 1.07 bits per heavy atom. The number of hydrogen-bond acceptors (Lipinski definition) is 5.